The number of ether oxygens (including phenoxy) is 1. The molecule has 1 aromatic rings. The van der Waals surface area contributed by atoms with Gasteiger partial charge in [-0.1, -0.05) is 17.7 Å². The van der Waals surface area contributed by atoms with Crippen LogP contribution in [0.25, 0.3) is 0 Å². The molecule has 1 rings (SSSR count). The molecule has 0 amide bonds. The van der Waals surface area contributed by atoms with Crippen LogP contribution in [0.5, 0.6) is 5.75 Å². The van der Waals surface area contributed by atoms with E-state index in [4.69, 9.17) is 22.1 Å². The number of hydrogen-bond acceptors (Lipinski definition) is 2. The van der Waals surface area contributed by atoms with Crippen molar-refractivity contribution < 1.29 is 4.74 Å². The minimum Gasteiger partial charge on any atom is -0.495 e. The average Bonchev–Trinajstić information content (AvgIpc) is 2.05. The standard InChI is InChI=1S/C9H12ClNO/c1-6(11)7-3-4-8(10)9(5-7)12-2/h3-6H,11H2,1-2H3/t6-/m1/s1. The Bertz CT molecular complexity index is 273. The van der Waals surface area contributed by atoms with Gasteiger partial charge in [-0.25, -0.2) is 0 Å². The summed E-state index contributed by atoms with van der Waals surface area (Å²) in [5.41, 5.74) is 6.71. The fourth-order valence-electron chi connectivity index (χ4n) is 0.960. The summed E-state index contributed by atoms with van der Waals surface area (Å²) in [4.78, 5) is 0. The summed E-state index contributed by atoms with van der Waals surface area (Å²) in [6, 6.07) is 5.55. The van der Waals surface area contributed by atoms with Crippen molar-refractivity contribution in [2.24, 2.45) is 5.73 Å². The molecule has 2 N–H and O–H groups in total. The molecule has 3 heteroatoms. The number of halogens is 1. The number of rotatable bonds is 2. The third kappa shape index (κ3) is 1.90. The first-order chi connectivity index (χ1) is 5.65. The first-order valence-electron chi connectivity index (χ1n) is 3.74. The van der Waals surface area contributed by atoms with Gasteiger partial charge in [-0.3, -0.25) is 0 Å². The van der Waals surface area contributed by atoms with Crippen LogP contribution in [0.1, 0.15) is 18.5 Å². The molecule has 0 saturated carbocycles. The lowest BCUT2D eigenvalue weighted by molar-refractivity contribution is 0.414. The van der Waals surface area contributed by atoms with Crippen molar-refractivity contribution in [2.45, 2.75) is 13.0 Å². The van der Waals surface area contributed by atoms with Crippen molar-refractivity contribution in [1.29, 1.82) is 0 Å². The summed E-state index contributed by atoms with van der Waals surface area (Å²) in [6.07, 6.45) is 0. The third-order valence-electron chi connectivity index (χ3n) is 1.70. The molecule has 0 aliphatic rings. The SMILES string of the molecule is COc1cc([C@@H](C)N)ccc1Cl. The zero-order valence-electron chi connectivity index (χ0n) is 7.17. The van der Waals surface area contributed by atoms with Crippen LogP contribution in [-0.2, 0) is 0 Å². The highest BCUT2D eigenvalue weighted by Crippen LogP contribution is 2.26. The van der Waals surface area contributed by atoms with E-state index in [0.717, 1.165) is 5.56 Å². The Morgan fingerprint density at radius 1 is 1.50 bits per heavy atom. The van der Waals surface area contributed by atoms with Crippen LogP contribution < -0.4 is 10.5 Å². The largest absolute Gasteiger partial charge is 0.495 e. The van der Waals surface area contributed by atoms with Gasteiger partial charge in [0.15, 0.2) is 0 Å². The topological polar surface area (TPSA) is 35.2 Å². The molecule has 1 atom stereocenters. The van der Waals surface area contributed by atoms with Crippen LogP contribution in [0.4, 0.5) is 0 Å². The molecule has 1 aromatic carbocycles. The highest BCUT2D eigenvalue weighted by molar-refractivity contribution is 6.32. The van der Waals surface area contributed by atoms with Gasteiger partial charge in [-0.05, 0) is 24.6 Å². The summed E-state index contributed by atoms with van der Waals surface area (Å²) in [5.74, 6) is 0.673. The smallest absolute Gasteiger partial charge is 0.137 e. The van der Waals surface area contributed by atoms with Gasteiger partial charge in [0.25, 0.3) is 0 Å². The first-order valence-corrected chi connectivity index (χ1v) is 4.12. The number of hydrogen-bond donors (Lipinski definition) is 1. The molecule has 0 heterocycles. The zero-order valence-corrected chi connectivity index (χ0v) is 7.93. The molecule has 0 unspecified atom stereocenters. The summed E-state index contributed by atoms with van der Waals surface area (Å²) in [6.45, 7) is 1.92. The molecule has 0 aliphatic carbocycles. The monoisotopic (exact) mass is 185 g/mol. The van der Waals surface area contributed by atoms with E-state index in [1.165, 1.54) is 0 Å². The van der Waals surface area contributed by atoms with Gasteiger partial charge in [0.2, 0.25) is 0 Å². The maximum absolute atomic E-state index is 5.84. The average molecular weight is 186 g/mol. The van der Waals surface area contributed by atoms with Crippen LogP contribution in [-0.4, -0.2) is 7.11 Å². The lowest BCUT2D eigenvalue weighted by Crippen LogP contribution is -2.04. The van der Waals surface area contributed by atoms with Crippen LogP contribution in [0.3, 0.4) is 0 Å². The van der Waals surface area contributed by atoms with Crippen LogP contribution in [0, 0.1) is 0 Å². The molecule has 0 saturated heterocycles. The quantitative estimate of drug-likeness (QED) is 0.768. The van der Waals surface area contributed by atoms with Gasteiger partial charge in [-0.15, -0.1) is 0 Å². The van der Waals surface area contributed by atoms with Crippen molar-refractivity contribution >= 4 is 11.6 Å². The first kappa shape index (κ1) is 9.36. The Morgan fingerprint density at radius 2 is 2.17 bits per heavy atom. The van der Waals surface area contributed by atoms with Gasteiger partial charge in [0.1, 0.15) is 5.75 Å². The lowest BCUT2D eigenvalue weighted by atomic mass is 10.1. The second-order valence-electron chi connectivity index (χ2n) is 2.68. The highest BCUT2D eigenvalue weighted by atomic mass is 35.5. The predicted molar refractivity (Wildman–Crippen MR) is 50.6 cm³/mol. The van der Waals surface area contributed by atoms with Crippen molar-refractivity contribution in [1.82, 2.24) is 0 Å². The fourth-order valence-corrected chi connectivity index (χ4v) is 1.15. The number of nitrogens with two attached hydrogens (primary N) is 1. The Labute approximate surface area is 77.3 Å². The minimum absolute atomic E-state index is 0.0103. The molecular formula is C9H12ClNO. The second kappa shape index (κ2) is 3.78. The minimum atomic E-state index is 0.0103. The van der Waals surface area contributed by atoms with Crippen LogP contribution >= 0.6 is 11.6 Å². The lowest BCUT2D eigenvalue weighted by Gasteiger charge is -2.08. The predicted octanol–water partition coefficient (Wildman–Crippen LogP) is 2.37. The van der Waals surface area contributed by atoms with Crippen molar-refractivity contribution in [3.05, 3.63) is 28.8 Å². The van der Waals surface area contributed by atoms with Crippen molar-refractivity contribution in [2.75, 3.05) is 7.11 Å². The molecule has 0 radical (unpaired) electrons. The normalized spacial score (nSPS) is 12.7. The van der Waals surface area contributed by atoms with E-state index in [0.29, 0.717) is 10.8 Å². The van der Waals surface area contributed by atoms with E-state index >= 15 is 0 Å². The van der Waals surface area contributed by atoms with Crippen molar-refractivity contribution in [3.63, 3.8) is 0 Å². The van der Waals surface area contributed by atoms with Crippen LogP contribution in [0.15, 0.2) is 18.2 Å². The number of methoxy groups -OCH3 is 1. The molecule has 0 spiro atoms. The molecule has 0 fully saturated rings. The maximum atomic E-state index is 5.84. The third-order valence-corrected chi connectivity index (χ3v) is 2.01. The van der Waals surface area contributed by atoms with Crippen LogP contribution in [0.2, 0.25) is 5.02 Å². The van der Waals surface area contributed by atoms with Crippen molar-refractivity contribution in [3.8, 4) is 5.75 Å². The van der Waals surface area contributed by atoms with E-state index in [-0.39, 0.29) is 6.04 Å². The zero-order chi connectivity index (χ0) is 9.14. The Kier molecular flexibility index (Phi) is 2.95. The maximum Gasteiger partial charge on any atom is 0.137 e. The molecule has 0 aromatic heterocycles. The van der Waals surface area contributed by atoms with Gasteiger partial charge < -0.3 is 10.5 Å². The van der Waals surface area contributed by atoms with Gasteiger partial charge in [0, 0.05) is 6.04 Å². The van der Waals surface area contributed by atoms with E-state index in [1.807, 2.05) is 19.1 Å². The van der Waals surface area contributed by atoms with E-state index in [2.05, 4.69) is 0 Å². The molecule has 12 heavy (non-hydrogen) atoms. The van der Waals surface area contributed by atoms with E-state index in [1.54, 1.807) is 13.2 Å². The Hall–Kier alpha value is -0.730. The molecular weight excluding hydrogens is 174 g/mol. The molecule has 2 nitrogen and oxygen atoms in total. The highest BCUT2D eigenvalue weighted by Gasteiger charge is 2.04. The van der Waals surface area contributed by atoms with E-state index < -0.39 is 0 Å². The van der Waals surface area contributed by atoms with Gasteiger partial charge >= 0.3 is 0 Å². The fraction of sp³-hybridized carbons (Fsp3) is 0.333. The summed E-state index contributed by atoms with van der Waals surface area (Å²) < 4.78 is 5.05. The molecule has 0 bridgehead atoms. The summed E-state index contributed by atoms with van der Waals surface area (Å²) >= 11 is 5.84. The Balaban J connectivity index is 3.05. The Morgan fingerprint density at radius 3 is 2.67 bits per heavy atom. The summed E-state index contributed by atoms with van der Waals surface area (Å²) in [7, 11) is 1.59. The number of benzene rings is 1. The molecule has 66 valence electrons. The van der Waals surface area contributed by atoms with Gasteiger partial charge in [-0.2, -0.15) is 0 Å². The second-order valence-corrected chi connectivity index (χ2v) is 3.09. The van der Waals surface area contributed by atoms with Gasteiger partial charge in [0.05, 0.1) is 12.1 Å². The van der Waals surface area contributed by atoms with E-state index in [9.17, 15) is 0 Å². The molecule has 0 aliphatic heterocycles. The summed E-state index contributed by atoms with van der Waals surface area (Å²) in [5, 5.41) is 0.613.